The molecule has 0 amide bonds. The largest absolute Gasteiger partial charge is 0.330 e. The van der Waals surface area contributed by atoms with Crippen LogP contribution in [0.3, 0.4) is 0 Å². The SMILES string of the molecule is NCCc1cn2[nH]c(-c3ccccc3F)nc2n1. The van der Waals surface area contributed by atoms with Gasteiger partial charge in [-0.2, -0.15) is 4.98 Å². The number of hydrogen-bond donors (Lipinski definition) is 2. The van der Waals surface area contributed by atoms with Gasteiger partial charge >= 0.3 is 0 Å². The Labute approximate surface area is 102 Å². The van der Waals surface area contributed by atoms with Crippen molar-refractivity contribution in [1.29, 1.82) is 0 Å². The second-order valence-corrected chi connectivity index (χ2v) is 3.99. The molecule has 3 N–H and O–H groups in total. The third-order valence-corrected chi connectivity index (χ3v) is 2.70. The molecular weight excluding hydrogens is 233 g/mol. The van der Waals surface area contributed by atoms with Gasteiger partial charge < -0.3 is 5.73 Å². The highest BCUT2D eigenvalue weighted by atomic mass is 19.1. The van der Waals surface area contributed by atoms with Gasteiger partial charge in [0.25, 0.3) is 5.78 Å². The number of nitrogens with two attached hydrogens (primary N) is 1. The lowest BCUT2D eigenvalue weighted by molar-refractivity contribution is 0.630. The Morgan fingerprint density at radius 3 is 2.83 bits per heavy atom. The third-order valence-electron chi connectivity index (χ3n) is 2.70. The number of halogens is 1. The molecule has 5 nitrogen and oxygen atoms in total. The Morgan fingerprint density at radius 2 is 2.11 bits per heavy atom. The first kappa shape index (κ1) is 10.9. The van der Waals surface area contributed by atoms with E-state index < -0.39 is 0 Å². The zero-order valence-electron chi connectivity index (χ0n) is 9.60. The molecule has 92 valence electrons. The van der Waals surface area contributed by atoms with Gasteiger partial charge in [0.1, 0.15) is 5.82 Å². The standard InChI is InChI=1S/C12H12FN5/c13-10-4-2-1-3-9(10)11-16-12-15-8(5-6-14)7-18(12)17-11/h1-4,7H,5-6,14H2,(H,15,16,17). The van der Waals surface area contributed by atoms with Crippen molar-refractivity contribution in [3.63, 3.8) is 0 Å². The molecule has 0 saturated heterocycles. The predicted molar refractivity (Wildman–Crippen MR) is 65.5 cm³/mol. The van der Waals surface area contributed by atoms with Crippen molar-refractivity contribution in [3.8, 4) is 11.4 Å². The van der Waals surface area contributed by atoms with Crippen LogP contribution < -0.4 is 5.73 Å². The van der Waals surface area contributed by atoms with Crippen molar-refractivity contribution >= 4 is 5.78 Å². The van der Waals surface area contributed by atoms with Crippen molar-refractivity contribution in [2.75, 3.05) is 6.54 Å². The number of aromatic amines is 1. The van der Waals surface area contributed by atoms with Crippen molar-refractivity contribution in [3.05, 3.63) is 42.0 Å². The van der Waals surface area contributed by atoms with E-state index in [1.807, 2.05) is 6.20 Å². The molecule has 6 heteroatoms. The van der Waals surface area contributed by atoms with E-state index in [-0.39, 0.29) is 5.82 Å². The maximum absolute atomic E-state index is 13.6. The van der Waals surface area contributed by atoms with Crippen LogP contribution in [0.2, 0.25) is 0 Å². The van der Waals surface area contributed by atoms with Crippen LogP contribution in [0.15, 0.2) is 30.5 Å². The molecule has 0 aliphatic rings. The molecule has 0 radical (unpaired) electrons. The fraction of sp³-hybridized carbons (Fsp3) is 0.167. The van der Waals surface area contributed by atoms with Crippen LogP contribution in [0.1, 0.15) is 5.69 Å². The smallest absolute Gasteiger partial charge is 0.251 e. The van der Waals surface area contributed by atoms with Crippen LogP contribution in [0.25, 0.3) is 17.2 Å². The van der Waals surface area contributed by atoms with E-state index in [0.717, 1.165) is 5.69 Å². The maximum atomic E-state index is 13.6. The van der Waals surface area contributed by atoms with Gasteiger partial charge in [0.2, 0.25) is 0 Å². The molecule has 3 rings (SSSR count). The van der Waals surface area contributed by atoms with Gasteiger partial charge in [-0.1, -0.05) is 12.1 Å². The summed E-state index contributed by atoms with van der Waals surface area (Å²) >= 11 is 0. The van der Waals surface area contributed by atoms with Crippen molar-refractivity contribution < 1.29 is 4.39 Å². The summed E-state index contributed by atoms with van der Waals surface area (Å²) in [5.41, 5.74) is 6.77. The number of fused-ring (bicyclic) bond motifs is 1. The number of nitrogens with zero attached hydrogens (tertiary/aromatic N) is 3. The van der Waals surface area contributed by atoms with E-state index in [2.05, 4.69) is 15.1 Å². The number of aromatic nitrogens is 4. The molecule has 0 spiro atoms. The normalized spacial score (nSPS) is 11.2. The summed E-state index contributed by atoms with van der Waals surface area (Å²) in [6.07, 6.45) is 2.52. The van der Waals surface area contributed by atoms with Crippen molar-refractivity contribution in [2.45, 2.75) is 6.42 Å². The van der Waals surface area contributed by atoms with Crippen LogP contribution in [-0.4, -0.2) is 26.1 Å². The van der Waals surface area contributed by atoms with E-state index in [1.165, 1.54) is 6.07 Å². The van der Waals surface area contributed by atoms with Crippen LogP contribution in [-0.2, 0) is 6.42 Å². The number of hydrogen-bond acceptors (Lipinski definition) is 3. The second kappa shape index (κ2) is 4.23. The number of nitrogens with one attached hydrogen (secondary N) is 1. The molecule has 0 saturated carbocycles. The van der Waals surface area contributed by atoms with Gasteiger partial charge in [-0.3, -0.25) is 5.10 Å². The van der Waals surface area contributed by atoms with Gasteiger partial charge in [0, 0.05) is 6.42 Å². The summed E-state index contributed by atoms with van der Waals surface area (Å²) in [6.45, 7) is 0.542. The number of benzene rings is 1. The van der Waals surface area contributed by atoms with Crippen LogP contribution in [0, 0.1) is 5.82 Å². The van der Waals surface area contributed by atoms with Gasteiger partial charge in [0.05, 0.1) is 17.5 Å². The highest BCUT2D eigenvalue weighted by Gasteiger charge is 2.11. The molecule has 18 heavy (non-hydrogen) atoms. The van der Waals surface area contributed by atoms with Crippen LogP contribution >= 0.6 is 0 Å². The first-order chi connectivity index (χ1) is 8.78. The topological polar surface area (TPSA) is 72.0 Å². The lowest BCUT2D eigenvalue weighted by Gasteiger charge is -1.97. The van der Waals surface area contributed by atoms with E-state index in [0.29, 0.717) is 30.1 Å². The third kappa shape index (κ3) is 1.76. The van der Waals surface area contributed by atoms with Crippen molar-refractivity contribution in [1.82, 2.24) is 19.6 Å². The fourth-order valence-corrected chi connectivity index (χ4v) is 1.86. The molecular formula is C12H12FN5. The Hall–Kier alpha value is -2.21. The summed E-state index contributed by atoms with van der Waals surface area (Å²) in [6, 6.07) is 6.49. The van der Waals surface area contributed by atoms with Crippen LogP contribution in [0.4, 0.5) is 4.39 Å². The fourth-order valence-electron chi connectivity index (χ4n) is 1.86. The zero-order chi connectivity index (χ0) is 12.5. The average Bonchev–Trinajstić information content (AvgIpc) is 2.88. The molecule has 1 aromatic carbocycles. The number of rotatable bonds is 3. The van der Waals surface area contributed by atoms with Gasteiger partial charge in [0.15, 0.2) is 5.82 Å². The second-order valence-electron chi connectivity index (χ2n) is 3.99. The molecule has 0 bridgehead atoms. The predicted octanol–water partition coefficient (Wildman–Crippen LogP) is 1.36. The summed E-state index contributed by atoms with van der Waals surface area (Å²) in [7, 11) is 0. The number of H-pyrrole nitrogens is 1. The minimum Gasteiger partial charge on any atom is -0.330 e. The highest BCUT2D eigenvalue weighted by molar-refractivity contribution is 5.57. The number of imidazole rings is 1. The summed E-state index contributed by atoms with van der Waals surface area (Å²) in [5.74, 6) is 0.684. The summed E-state index contributed by atoms with van der Waals surface area (Å²) in [5, 5.41) is 2.99. The zero-order valence-corrected chi connectivity index (χ0v) is 9.60. The average molecular weight is 245 g/mol. The first-order valence-corrected chi connectivity index (χ1v) is 5.67. The Bertz CT molecular complexity index is 653. The van der Waals surface area contributed by atoms with Crippen LogP contribution in [0.5, 0.6) is 0 Å². The van der Waals surface area contributed by atoms with Gasteiger partial charge in [-0.25, -0.2) is 13.9 Å². The van der Waals surface area contributed by atoms with E-state index in [4.69, 9.17) is 5.73 Å². The summed E-state index contributed by atoms with van der Waals surface area (Å²) < 4.78 is 15.3. The van der Waals surface area contributed by atoms with Crippen molar-refractivity contribution in [2.24, 2.45) is 5.73 Å². The molecule has 0 fully saturated rings. The van der Waals surface area contributed by atoms with E-state index >= 15 is 0 Å². The summed E-state index contributed by atoms with van der Waals surface area (Å²) in [4.78, 5) is 8.56. The van der Waals surface area contributed by atoms with Gasteiger partial charge in [-0.15, -0.1) is 0 Å². The molecule has 0 aliphatic carbocycles. The Morgan fingerprint density at radius 1 is 1.28 bits per heavy atom. The van der Waals surface area contributed by atoms with E-state index in [9.17, 15) is 4.39 Å². The quantitative estimate of drug-likeness (QED) is 0.732. The minimum atomic E-state index is -0.309. The molecule has 0 unspecified atom stereocenters. The highest BCUT2D eigenvalue weighted by Crippen LogP contribution is 2.19. The molecule has 0 aliphatic heterocycles. The monoisotopic (exact) mass is 245 g/mol. The molecule has 2 aromatic heterocycles. The maximum Gasteiger partial charge on any atom is 0.251 e. The molecule has 2 heterocycles. The Balaban J connectivity index is 2.04. The Kier molecular flexibility index (Phi) is 2.56. The van der Waals surface area contributed by atoms with E-state index in [1.54, 1.807) is 22.7 Å². The first-order valence-electron chi connectivity index (χ1n) is 5.67. The minimum absolute atomic E-state index is 0.309. The molecule has 3 aromatic rings. The lowest BCUT2D eigenvalue weighted by atomic mass is 10.2. The molecule has 0 atom stereocenters. The van der Waals surface area contributed by atoms with Gasteiger partial charge in [-0.05, 0) is 18.7 Å². The lowest BCUT2D eigenvalue weighted by Crippen LogP contribution is -2.02.